The average molecular weight is 1010 g/mol. The van der Waals surface area contributed by atoms with Gasteiger partial charge in [0.25, 0.3) is 0 Å². The second-order valence-electron chi connectivity index (χ2n) is 22.1. The molecule has 0 bridgehead atoms. The van der Waals surface area contributed by atoms with Crippen LogP contribution in [-0.2, 0) is 14.3 Å². The number of ether oxygens (including phenoxy) is 1. The van der Waals surface area contributed by atoms with E-state index in [9.17, 15) is 19.8 Å². The van der Waals surface area contributed by atoms with E-state index in [0.717, 1.165) is 57.8 Å². The standard InChI is InChI=1S/C66H125NO5/c1-3-5-7-9-11-13-15-17-19-20-21-22-23-24-25-26-27-31-34-38-42-46-50-54-58-64(69)63(62-68)67-65(70)59-55-51-47-43-39-35-32-28-29-33-37-41-45-49-53-57-61-72-66(71)60-56-52-48-44-40-36-30-18-16-14-12-10-8-6-4-2/h12,14,18,30,54,58,63-64,68-69H,3-11,13,15-17,19-29,31-53,55-57,59-62H2,1-2H3,(H,67,70)/b14-12-,30-18-,58-54+. The molecule has 72 heavy (non-hydrogen) atoms. The van der Waals surface area contributed by atoms with E-state index in [1.807, 2.05) is 6.08 Å². The fourth-order valence-electron chi connectivity index (χ4n) is 9.96. The van der Waals surface area contributed by atoms with Crippen LogP contribution in [0.25, 0.3) is 0 Å². The van der Waals surface area contributed by atoms with Crippen molar-refractivity contribution >= 4 is 11.9 Å². The van der Waals surface area contributed by atoms with Gasteiger partial charge in [0.1, 0.15) is 0 Å². The van der Waals surface area contributed by atoms with Crippen molar-refractivity contribution < 1.29 is 24.5 Å². The van der Waals surface area contributed by atoms with Gasteiger partial charge in [-0.25, -0.2) is 0 Å². The third-order valence-electron chi connectivity index (χ3n) is 14.9. The Morgan fingerprint density at radius 3 is 1.08 bits per heavy atom. The van der Waals surface area contributed by atoms with E-state index in [4.69, 9.17) is 4.74 Å². The zero-order valence-electron chi connectivity index (χ0n) is 48.4. The number of nitrogens with one attached hydrogen (secondary N) is 1. The number of esters is 1. The summed E-state index contributed by atoms with van der Waals surface area (Å²) in [5, 5.41) is 23.2. The molecule has 0 saturated carbocycles. The van der Waals surface area contributed by atoms with E-state index in [0.29, 0.717) is 19.4 Å². The van der Waals surface area contributed by atoms with Crippen LogP contribution >= 0.6 is 0 Å². The number of hydrogen-bond donors (Lipinski definition) is 3. The molecular weight excluding hydrogens is 887 g/mol. The monoisotopic (exact) mass is 1010 g/mol. The van der Waals surface area contributed by atoms with E-state index >= 15 is 0 Å². The summed E-state index contributed by atoms with van der Waals surface area (Å²) < 4.78 is 5.47. The van der Waals surface area contributed by atoms with Gasteiger partial charge in [-0.2, -0.15) is 0 Å². The number of rotatable bonds is 60. The fraction of sp³-hybridized carbons (Fsp3) is 0.879. The summed E-state index contributed by atoms with van der Waals surface area (Å²) in [5.41, 5.74) is 0. The fourth-order valence-corrected chi connectivity index (χ4v) is 9.96. The summed E-state index contributed by atoms with van der Waals surface area (Å²) >= 11 is 0. The average Bonchev–Trinajstić information content (AvgIpc) is 3.38. The second-order valence-corrected chi connectivity index (χ2v) is 22.1. The molecule has 0 heterocycles. The van der Waals surface area contributed by atoms with E-state index in [-0.39, 0.29) is 18.5 Å². The Hall–Kier alpha value is -1.92. The molecule has 2 unspecified atom stereocenters. The first-order valence-corrected chi connectivity index (χ1v) is 32.3. The number of unbranched alkanes of at least 4 members (excludes halogenated alkanes) is 45. The van der Waals surface area contributed by atoms with Gasteiger partial charge in [0.2, 0.25) is 5.91 Å². The van der Waals surface area contributed by atoms with Crippen LogP contribution in [0, 0.1) is 0 Å². The minimum absolute atomic E-state index is 0.0113. The molecule has 0 spiro atoms. The number of aliphatic hydroxyl groups is 2. The normalized spacial score (nSPS) is 12.8. The molecule has 0 aromatic rings. The van der Waals surface area contributed by atoms with Crippen molar-refractivity contribution in [3.8, 4) is 0 Å². The minimum Gasteiger partial charge on any atom is -0.466 e. The Bertz CT molecular complexity index is 1170. The third kappa shape index (κ3) is 57.4. The van der Waals surface area contributed by atoms with Gasteiger partial charge in [0.05, 0.1) is 25.4 Å². The van der Waals surface area contributed by atoms with Crippen LogP contribution in [0.1, 0.15) is 348 Å². The van der Waals surface area contributed by atoms with Gasteiger partial charge in [0, 0.05) is 12.8 Å². The smallest absolute Gasteiger partial charge is 0.305 e. The van der Waals surface area contributed by atoms with Crippen molar-refractivity contribution in [3.63, 3.8) is 0 Å². The highest BCUT2D eigenvalue weighted by Gasteiger charge is 2.18. The summed E-state index contributed by atoms with van der Waals surface area (Å²) in [6, 6.07) is -0.635. The number of carbonyl (C=O) groups is 2. The lowest BCUT2D eigenvalue weighted by Gasteiger charge is -2.20. The van der Waals surface area contributed by atoms with Crippen LogP contribution in [0.5, 0.6) is 0 Å². The van der Waals surface area contributed by atoms with Gasteiger partial charge >= 0.3 is 5.97 Å². The Balaban J connectivity index is 3.46. The maximum Gasteiger partial charge on any atom is 0.305 e. The Kier molecular flexibility index (Phi) is 60.0. The molecule has 0 aliphatic carbocycles. The lowest BCUT2D eigenvalue weighted by molar-refractivity contribution is -0.143. The third-order valence-corrected chi connectivity index (χ3v) is 14.9. The molecule has 2 atom stereocenters. The molecule has 0 aromatic heterocycles. The van der Waals surface area contributed by atoms with Crippen LogP contribution in [0.2, 0.25) is 0 Å². The predicted octanol–water partition coefficient (Wildman–Crippen LogP) is 20.4. The molecular formula is C66H125NO5. The molecule has 0 aliphatic rings. The van der Waals surface area contributed by atoms with E-state index in [1.54, 1.807) is 6.08 Å². The Morgan fingerprint density at radius 2 is 0.694 bits per heavy atom. The van der Waals surface area contributed by atoms with Crippen molar-refractivity contribution in [3.05, 3.63) is 36.5 Å². The van der Waals surface area contributed by atoms with Gasteiger partial charge in [-0.3, -0.25) is 9.59 Å². The van der Waals surface area contributed by atoms with Crippen molar-refractivity contribution in [1.82, 2.24) is 5.32 Å². The molecule has 0 rings (SSSR count). The Labute approximate surface area is 449 Å². The molecule has 0 aromatic carbocycles. The second kappa shape index (κ2) is 61.6. The molecule has 1 amide bonds. The van der Waals surface area contributed by atoms with E-state index in [2.05, 4.69) is 43.5 Å². The zero-order chi connectivity index (χ0) is 52.2. The topological polar surface area (TPSA) is 95.9 Å². The summed E-state index contributed by atoms with van der Waals surface area (Å²) in [6.45, 7) is 4.88. The van der Waals surface area contributed by atoms with Crippen molar-refractivity contribution in [2.24, 2.45) is 0 Å². The minimum atomic E-state index is -0.851. The SMILES string of the molecule is CCCCC/C=C\C/C=C\CCCCCCCC(=O)OCCCCCCCCCCCCCCCCCCC(=O)NC(CO)C(O)/C=C/CCCCCCCCCCCCCCCCCCCCCCCC. The van der Waals surface area contributed by atoms with E-state index < -0.39 is 12.1 Å². The number of allylic oxidation sites excluding steroid dienone is 5. The van der Waals surface area contributed by atoms with Gasteiger partial charge in [-0.1, -0.05) is 307 Å². The van der Waals surface area contributed by atoms with Crippen LogP contribution in [0.3, 0.4) is 0 Å². The van der Waals surface area contributed by atoms with Gasteiger partial charge in [-0.05, 0) is 64.2 Å². The first-order valence-electron chi connectivity index (χ1n) is 32.3. The number of carbonyl (C=O) groups excluding carboxylic acids is 2. The largest absolute Gasteiger partial charge is 0.466 e. The van der Waals surface area contributed by atoms with Crippen molar-refractivity contribution in [2.45, 2.75) is 360 Å². The maximum atomic E-state index is 12.5. The molecule has 6 heteroatoms. The van der Waals surface area contributed by atoms with E-state index in [1.165, 1.54) is 263 Å². The molecule has 424 valence electrons. The van der Waals surface area contributed by atoms with Gasteiger partial charge in [0.15, 0.2) is 0 Å². The Morgan fingerprint density at radius 1 is 0.389 bits per heavy atom. The van der Waals surface area contributed by atoms with Crippen molar-refractivity contribution in [1.29, 1.82) is 0 Å². The summed E-state index contributed by atoms with van der Waals surface area (Å²) in [6.07, 6.45) is 77.6. The molecule has 0 saturated heterocycles. The summed E-state index contributed by atoms with van der Waals surface area (Å²) in [7, 11) is 0. The molecule has 6 nitrogen and oxygen atoms in total. The van der Waals surface area contributed by atoms with Crippen LogP contribution in [0.4, 0.5) is 0 Å². The quantitative estimate of drug-likeness (QED) is 0.0320. The zero-order valence-corrected chi connectivity index (χ0v) is 48.4. The summed E-state index contributed by atoms with van der Waals surface area (Å²) in [5.74, 6) is -0.0834. The molecule has 3 N–H and O–H groups in total. The first kappa shape index (κ1) is 70.1. The number of aliphatic hydroxyl groups excluding tert-OH is 2. The number of amides is 1. The molecule has 0 fully saturated rings. The lowest BCUT2D eigenvalue weighted by atomic mass is 10.0. The lowest BCUT2D eigenvalue weighted by Crippen LogP contribution is -2.45. The van der Waals surface area contributed by atoms with Crippen LogP contribution < -0.4 is 5.32 Å². The maximum absolute atomic E-state index is 12.5. The summed E-state index contributed by atoms with van der Waals surface area (Å²) in [4.78, 5) is 24.6. The van der Waals surface area contributed by atoms with Crippen LogP contribution in [-0.4, -0.2) is 47.4 Å². The van der Waals surface area contributed by atoms with Gasteiger partial charge < -0.3 is 20.3 Å². The first-order chi connectivity index (χ1) is 35.5. The predicted molar refractivity (Wildman–Crippen MR) is 315 cm³/mol. The van der Waals surface area contributed by atoms with Crippen molar-refractivity contribution in [2.75, 3.05) is 13.2 Å². The van der Waals surface area contributed by atoms with Gasteiger partial charge in [-0.15, -0.1) is 0 Å². The highest BCUT2D eigenvalue weighted by molar-refractivity contribution is 5.76. The molecule has 0 aliphatic heterocycles. The highest BCUT2D eigenvalue weighted by Crippen LogP contribution is 2.18. The number of hydrogen-bond acceptors (Lipinski definition) is 5. The molecule has 0 radical (unpaired) electrons. The van der Waals surface area contributed by atoms with Crippen LogP contribution in [0.15, 0.2) is 36.5 Å². The highest BCUT2D eigenvalue weighted by atomic mass is 16.5.